The second-order valence-corrected chi connectivity index (χ2v) is 3.72. The molecule has 0 radical (unpaired) electrons. The van der Waals surface area contributed by atoms with Gasteiger partial charge in [-0.2, -0.15) is 5.10 Å². The smallest absolute Gasteiger partial charge is 0.332 e. The van der Waals surface area contributed by atoms with E-state index >= 15 is 0 Å². The van der Waals surface area contributed by atoms with Gasteiger partial charge in [0.1, 0.15) is 0 Å². The van der Waals surface area contributed by atoms with Gasteiger partial charge in [-0.25, -0.2) is 4.79 Å². The van der Waals surface area contributed by atoms with Crippen LogP contribution in [0.3, 0.4) is 0 Å². The van der Waals surface area contributed by atoms with Crippen molar-refractivity contribution in [1.29, 1.82) is 0 Å². The minimum atomic E-state index is -1.27. The van der Waals surface area contributed by atoms with Gasteiger partial charge >= 0.3 is 5.97 Å². The standard InChI is InChI=1S/C11H18N4O3/c1-3-18-11(17)9(12)10(16)13-6-4-8-5-7-14-15(8)2/h5,7,9H,3-4,6,12H2,1-2H3,(H,13,16). The Morgan fingerprint density at radius 2 is 2.33 bits per heavy atom. The molecule has 100 valence electrons. The van der Waals surface area contributed by atoms with E-state index in [1.807, 2.05) is 13.1 Å². The summed E-state index contributed by atoms with van der Waals surface area (Å²) in [4.78, 5) is 22.7. The molecule has 1 unspecified atom stereocenters. The molecule has 0 bridgehead atoms. The minimum absolute atomic E-state index is 0.203. The van der Waals surface area contributed by atoms with Crippen LogP contribution in [-0.4, -0.2) is 40.9 Å². The number of ether oxygens (including phenoxy) is 1. The SMILES string of the molecule is CCOC(=O)C(N)C(=O)NCCc1ccnn1C. The number of hydrogen-bond acceptors (Lipinski definition) is 5. The highest BCUT2D eigenvalue weighted by molar-refractivity contribution is 6.01. The van der Waals surface area contributed by atoms with Gasteiger partial charge in [0.2, 0.25) is 5.91 Å². The van der Waals surface area contributed by atoms with Gasteiger partial charge in [-0.15, -0.1) is 0 Å². The first-order chi connectivity index (χ1) is 8.56. The van der Waals surface area contributed by atoms with E-state index in [-0.39, 0.29) is 6.61 Å². The second kappa shape index (κ2) is 6.75. The molecule has 18 heavy (non-hydrogen) atoms. The number of amides is 1. The zero-order chi connectivity index (χ0) is 13.5. The molecular formula is C11H18N4O3. The number of carbonyl (C=O) groups excluding carboxylic acids is 2. The normalized spacial score (nSPS) is 11.9. The largest absolute Gasteiger partial charge is 0.464 e. The molecule has 3 N–H and O–H groups in total. The number of nitrogens with two attached hydrogens (primary N) is 1. The predicted molar refractivity (Wildman–Crippen MR) is 64.5 cm³/mol. The van der Waals surface area contributed by atoms with Crippen LogP contribution >= 0.6 is 0 Å². The third-order valence-electron chi connectivity index (χ3n) is 2.43. The topological polar surface area (TPSA) is 99.2 Å². The van der Waals surface area contributed by atoms with Crippen molar-refractivity contribution in [2.75, 3.05) is 13.2 Å². The van der Waals surface area contributed by atoms with Crippen molar-refractivity contribution in [3.8, 4) is 0 Å². The number of aromatic nitrogens is 2. The Labute approximate surface area is 105 Å². The van der Waals surface area contributed by atoms with Gasteiger partial charge in [0.05, 0.1) is 6.61 Å². The third kappa shape index (κ3) is 3.85. The maximum Gasteiger partial charge on any atom is 0.332 e. The average molecular weight is 254 g/mol. The molecule has 7 heteroatoms. The number of hydrogen-bond donors (Lipinski definition) is 2. The quantitative estimate of drug-likeness (QED) is 0.499. The van der Waals surface area contributed by atoms with E-state index < -0.39 is 17.9 Å². The summed E-state index contributed by atoms with van der Waals surface area (Å²) in [6.45, 7) is 2.26. The van der Waals surface area contributed by atoms with Crippen LogP contribution in [0.2, 0.25) is 0 Å². The number of rotatable bonds is 6. The summed E-state index contributed by atoms with van der Waals surface area (Å²) in [6.07, 6.45) is 2.30. The van der Waals surface area contributed by atoms with Crippen molar-refractivity contribution in [2.45, 2.75) is 19.4 Å². The molecular weight excluding hydrogens is 236 g/mol. The van der Waals surface area contributed by atoms with E-state index in [9.17, 15) is 9.59 Å². The maximum absolute atomic E-state index is 11.5. The summed E-state index contributed by atoms with van der Waals surface area (Å²) >= 11 is 0. The zero-order valence-electron chi connectivity index (χ0n) is 10.5. The Kier molecular flexibility index (Phi) is 5.31. The van der Waals surface area contributed by atoms with Gasteiger partial charge in [0.15, 0.2) is 6.04 Å². The van der Waals surface area contributed by atoms with E-state index in [4.69, 9.17) is 5.73 Å². The number of aryl methyl sites for hydroxylation is 1. The Bertz CT molecular complexity index is 416. The van der Waals surface area contributed by atoms with Gasteiger partial charge in [-0.1, -0.05) is 0 Å². The summed E-state index contributed by atoms with van der Waals surface area (Å²) in [5.74, 6) is -1.24. The molecule has 1 rings (SSSR count). The van der Waals surface area contributed by atoms with E-state index in [0.29, 0.717) is 13.0 Å². The molecule has 0 aliphatic heterocycles. The van der Waals surface area contributed by atoms with Crippen LogP contribution in [0, 0.1) is 0 Å². The van der Waals surface area contributed by atoms with E-state index in [1.54, 1.807) is 17.8 Å². The summed E-state index contributed by atoms with van der Waals surface area (Å²) in [5.41, 5.74) is 6.42. The second-order valence-electron chi connectivity index (χ2n) is 3.72. The van der Waals surface area contributed by atoms with E-state index in [0.717, 1.165) is 5.69 Å². The fourth-order valence-electron chi connectivity index (χ4n) is 1.41. The van der Waals surface area contributed by atoms with Crippen LogP contribution in [0.4, 0.5) is 0 Å². The lowest BCUT2D eigenvalue weighted by molar-refractivity contribution is -0.147. The monoisotopic (exact) mass is 254 g/mol. The Morgan fingerprint density at radius 3 is 2.89 bits per heavy atom. The molecule has 0 aromatic carbocycles. The lowest BCUT2D eigenvalue weighted by atomic mass is 10.2. The number of esters is 1. The molecule has 0 fully saturated rings. The first-order valence-corrected chi connectivity index (χ1v) is 5.73. The van der Waals surface area contributed by atoms with Crippen molar-refractivity contribution >= 4 is 11.9 Å². The summed E-state index contributed by atoms with van der Waals surface area (Å²) in [6, 6.07) is 0.591. The number of carbonyl (C=O) groups is 2. The molecule has 0 saturated heterocycles. The maximum atomic E-state index is 11.5. The molecule has 0 saturated carbocycles. The number of nitrogens with zero attached hydrogens (tertiary/aromatic N) is 2. The highest BCUT2D eigenvalue weighted by Gasteiger charge is 2.22. The van der Waals surface area contributed by atoms with Crippen molar-refractivity contribution < 1.29 is 14.3 Å². The predicted octanol–water partition coefficient (Wildman–Crippen LogP) is -1.03. The fraction of sp³-hybridized carbons (Fsp3) is 0.545. The summed E-state index contributed by atoms with van der Waals surface area (Å²) < 4.78 is 6.38. The van der Waals surface area contributed by atoms with E-state index in [2.05, 4.69) is 15.2 Å². The molecule has 0 spiro atoms. The van der Waals surface area contributed by atoms with Crippen molar-refractivity contribution in [3.63, 3.8) is 0 Å². The van der Waals surface area contributed by atoms with Gasteiger partial charge < -0.3 is 15.8 Å². The van der Waals surface area contributed by atoms with Crippen LogP contribution < -0.4 is 11.1 Å². The lowest BCUT2D eigenvalue weighted by Crippen LogP contribution is -2.47. The lowest BCUT2D eigenvalue weighted by Gasteiger charge is -2.11. The van der Waals surface area contributed by atoms with Gasteiger partial charge in [-0.05, 0) is 13.0 Å². The minimum Gasteiger partial charge on any atom is -0.464 e. The third-order valence-corrected chi connectivity index (χ3v) is 2.43. The number of nitrogens with one attached hydrogen (secondary N) is 1. The molecule has 1 amide bonds. The molecule has 1 aromatic rings. The molecule has 1 aromatic heterocycles. The van der Waals surface area contributed by atoms with Crippen LogP contribution in [0.1, 0.15) is 12.6 Å². The molecule has 1 atom stereocenters. The molecule has 1 heterocycles. The highest BCUT2D eigenvalue weighted by atomic mass is 16.5. The summed E-state index contributed by atoms with van der Waals surface area (Å²) in [7, 11) is 1.82. The Balaban J connectivity index is 2.33. The van der Waals surface area contributed by atoms with Crippen molar-refractivity contribution in [2.24, 2.45) is 12.8 Å². The zero-order valence-corrected chi connectivity index (χ0v) is 10.5. The van der Waals surface area contributed by atoms with Crippen LogP contribution in [-0.2, 0) is 27.8 Å². The first kappa shape index (κ1) is 14.2. The highest BCUT2D eigenvalue weighted by Crippen LogP contribution is 1.96. The van der Waals surface area contributed by atoms with Gasteiger partial charge in [0, 0.05) is 31.9 Å². The summed E-state index contributed by atoms with van der Waals surface area (Å²) in [5, 5.41) is 6.59. The van der Waals surface area contributed by atoms with Crippen molar-refractivity contribution in [1.82, 2.24) is 15.1 Å². The van der Waals surface area contributed by atoms with Gasteiger partial charge in [0.25, 0.3) is 0 Å². The first-order valence-electron chi connectivity index (χ1n) is 5.73. The Morgan fingerprint density at radius 1 is 1.61 bits per heavy atom. The van der Waals surface area contributed by atoms with Crippen molar-refractivity contribution in [3.05, 3.63) is 18.0 Å². The molecule has 7 nitrogen and oxygen atoms in total. The Hall–Kier alpha value is -1.89. The fourth-order valence-corrected chi connectivity index (χ4v) is 1.41. The van der Waals surface area contributed by atoms with Crippen LogP contribution in [0.25, 0.3) is 0 Å². The molecule has 0 aliphatic carbocycles. The van der Waals surface area contributed by atoms with Gasteiger partial charge in [-0.3, -0.25) is 9.48 Å². The van der Waals surface area contributed by atoms with E-state index in [1.165, 1.54) is 0 Å². The van der Waals surface area contributed by atoms with Crippen LogP contribution in [0.15, 0.2) is 12.3 Å². The molecule has 0 aliphatic rings. The average Bonchev–Trinajstić information content (AvgIpc) is 2.74. The van der Waals surface area contributed by atoms with Crippen LogP contribution in [0.5, 0.6) is 0 Å².